The Morgan fingerprint density at radius 3 is 2.34 bits per heavy atom. The molecule has 8 nitrogen and oxygen atoms in total. The van der Waals surface area contributed by atoms with Crippen molar-refractivity contribution in [2.75, 3.05) is 18.1 Å². The number of carbonyl (C=O) groups is 2. The zero-order valence-corrected chi connectivity index (χ0v) is 20.4. The number of amides is 1. The van der Waals surface area contributed by atoms with Gasteiger partial charge in [-0.1, -0.05) is 58.4 Å². The molecule has 2 saturated heterocycles. The van der Waals surface area contributed by atoms with E-state index < -0.39 is 12.0 Å². The van der Waals surface area contributed by atoms with Crippen molar-refractivity contribution >= 4 is 35.1 Å². The number of halogens is 2. The van der Waals surface area contributed by atoms with Gasteiger partial charge in [0.15, 0.2) is 0 Å². The Morgan fingerprint density at radius 1 is 0.943 bits per heavy atom. The van der Waals surface area contributed by atoms with Crippen LogP contribution in [-0.4, -0.2) is 56.1 Å². The minimum atomic E-state index is -0.971. The molecule has 2 aliphatic heterocycles. The number of hydrogen-bond acceptors (Lipinski definition) is 5. The fourth-order valence-corrected chi connectivity index (χ4v) is 5.45. The fourth-order valence-electron chi connectivity index (χ4n) is 5.06. The molecule has 35 heavy (non-hydrogen) atoms. The summed E-state index contributed by atoms with van der Waals surface area (Å²) in [6.07, 6.45) is 3.89. The highest BCUT2D eigenvalue weighted by Crippen LogP contribution is 2.41. The first kappa shape index (κ1) is 23.6. The molecule has 1 N–H and O–H groups in total. The Kier molecular flexibility index (Phi) is 6.67. The van der Waals surface area contributed by atoms with Crippen LogP contribution in [0.4, 0.5) is 0 Å². The van der Waals surface area contributed by atoms with Crippen LogP contribution in [0.15, 0.2) is 54.7 Å². The van der Waals surface area contributed by atoms with Crippen LogP contribution in [0.2, 0.25) is 10.0 Å². The molecule has 1 aromatic heterocycles. The maximum Gasteiger partial charge on any atom is 0.326 e. The van der Waals surface area contributed by atoms with Gasteiger partial charge in [-0.15, -0.1) is 10.2 Å². The number of likely N-dealkylation sites (tertiary alicyclic amines) is 1. The first-order valence-corrected chi connectivity index (χ1v) is 12.4. The summed E-state index contributed by atoms with van der Waals surface area (Å²) < 4.78 is 0. The van der Waals surface area contributed by atoms with Gasteiger partial charge in [0, 0.05) is 34.6 Å². The molecule has 3 aromatic rings. The van der Waals surface area contributed by atoms with E-state index >= 15 is 0 Å². The highest BCUT2D eigenvalue weighted by Gasteiger charge is 2.44. The van der Waals surface area contributed by atoms with Gasteiger partial charge >= 0.3 is 5.97 Å². The molecule has 10 heteroatoms. The van der Waals surface area contributed by atoms with Crippen LogP contribution < -0.4 is 5.01 Å². The molecule has 0 aliphatic carbocycles. The number of benzene rings is 2. The highest BCUT2D eigenvalue weighted by molar-refractivity contribution is 6.31. The van der Waals surface area contributed by atoms with E-state index in [0.717, 1.165) is 16.8 Å². The number of carboxylic acid groups (broad SMARTS) is 1. The number of carboxylic acids is 1. The molecule has 2 atom stereocenters. The highest BCUT2D eigenvalue weighted by atomic mass is 35.5. The third-order valence-electron chi connectivity index (χ3n) is 6.88. The predicted molar refractivity (Wildman–Crippen MR) is 133 cm³/mol. The van der Waals surface area contributed by atoms with Crippen molar-refractivity contribution in [3.8, 4) is 11.3 Å². The summed E-state index contributed by atoms with van der Waals surface area (Å²) in [4.78, 5) is 28.7. The molecule has 0 bridgehead atoms. The normalized spacial score (nSPS) is 20.9. The summed E-state index contributed by atoms with van der Waals surface area (Å²) in [5.41, 5.74) is 2.47. The molecule has 0 spiro atoms. The lowest BCUT2D eigenvalue weighted by Gasteiger charge is -2.36. The number of aromatic nitrogens is 3. The lowest BCUT2D eigenvalue weighted by molar-refractivity contribution is -0.152. The van der Waals surface area contributed by atoms with Crippen LogP contribution in [0.1, 0.15) is 37.3 Å². The SMILES string of the molecule is O=C(O)[C@@H]1CC[C@H](c2ccccc2Cl)N1C(=O)C1CCN(n2ncc(-c3ccc(Cl)cc3)n2)CC1. The Bertz CT molecular complexity index is 1220. The minimum Gasteiger partial charge on any atom is -0.480 e. The van der Waals surface area contributed by atoms with Gasteiger partial charge in [0.25, 0.3) is 0 Å². The maximum absolute atomic E-state index is 13.6. The standard InChI is InChI=1S/C25H25Cl2N5O3/c26-18-7-5-16(6-8-18)21-15-28-32(29-21)30-13-11-17(12-14-30)24(33)31-22(9-10-23(31)25(34)35)19-3-1-2-4-20(19)27/h1-8,15,17,22-23H,9-14H2,(H,34,35)/t22-,23+/m1/s1. The summed E-state index contributed by atoms with van der Waals surface area (Å²) in [6.45, 7) is 1.18. The van der Waals surface area contributed by atoms with Gasteiger partial charge in [-0.2, -0.15) is 0 Å². The van der Waals surface area contributed by atoms with Gasteiger partial charge in [0.1, 0.15) is 11.7 Å². The monoisotopic (exact) mass is 513 g/mol. The van der Waals surface area contributed by atoms with E-state index in [9.17, 15) is 14.7 Å². The van der Waals surface area contributed by atoms with Gasteiger partial charge in [-0.3, -0.25) is 9.80 Å². The fraction of sp³-hybridized carbons (Fsp3) is 0.360. The van der Waals surface area contributed by atoms with Gasteiger partial charge < -0.3 is 10.0 Å². The van der Waals surface area contributed by atoms with Crippen LogP contribution in [-0.2, 0) is 9.59 Å². The Labute approximate surface area is 213 Å². The number of aliphatic carboxylic acids is 1. The molecule has 182 valence electrons. The van der Waals surface area contributed by atoms with E-state index in [-0.39, 0.29) is 17.9 Å². The lowest BCUT2D eigenvalue weighted by atomic mass is 9.94. The predicted octanol–water partition coefficient (Wildman–Crippen LogP) is 4.42. The van der Waals surface area contributed by atoms with Crippen LogP contribution >= 0.6 is 23.2 Å². The van der Waals surface area contributed by atoms with Crippen molar-refractivity contribution in [3.63, 3.8) is 0 Å². The number of hydrogen-bond donors (Lipinski definition) is 1. The first-order chi connectivity index (χ1) is 16.9. The lowest BCUT2D eigenvalue weighted by Crippen LogP contribution is -2.49. The molecule has 5 rings (SSSR count). The van der Waals surface area contributed by atoms with E-state index in [1.54, 1.807) is 22.1 Å². The van der Waals surface area contributed by atoms with Crippen LogP contribution in [0.5, 0.6) is 0 Å². The minimum absolute atomic E-state index is 0.116. The second kappa shape index (κ2) is 9.87. The summed E-state index contributed by atoms with van der Waals surface area (Å²) in [6, 6.07) is 13.6. The van der Waals surface area contributed by atoms with Crippen LogP contribution in [0.25, 0.3) is 11.3 Å². The largest absolute Gasteiger partial charge is 0.480 e. The second-order valence-electron chi connectivity index (χ2n) is 8.95. The summed E-state index contributed by atoms with van der Waals surface area (Å²) in [5, 5.41) is 22.0. The van der Waals surface area contributed by atoms with Crippen molar-refractivity contribution < 1.29 is 14.7 Å². The second-order valence-corrected chi connectivity index (χ2v) is 9.79. The van der Waals surface area contributed by atoms with Crippen LogP contribution in [0.3, 0.4) is 0 Å². The average molecular weight is 514 g/mol. The number of piperidine rings is 1. The zero-order valence-electron chi connectivity index (χ0n) is 18.9. The quantitative estimate of drug-likeness (QED) is 0.542. The molecule has 3 heterocycles. The van der Waals surface area contributed by atoms with Crippen molar-refractivity contribution in [2.45, 2.75) is 37.8 Å². The molecule has 0 radical (unpaired) electrons. The Balaban J connectivity index is 1.28. The van der Waals surface area contributed by atoms with Gasteiger partial charge in [0.05, 0.1) is 12.2 Å². The first-order valence-electron chi connectivity index (χ1n) is 11.7. The third kappa shape index (κ3) is 4.73. The number of rotatable bonds is 5. The summed E-state index contributed by atoms with van der Waals surface area (Å²) >= 11 is 12.4. The van der Waals surface area contributed by atoms with E-state index in [0.29, 0.717) is 48.8 Å². The van der Waals surface area contributed by atoms with Gasteiger partial charge in [-0.25, -0.2) is 4.79 Å². The number of carbonyl (C=O) groups excluding carboxylic acids is 1. The molecule has 2 fully saturated rings. The molecule has 0 unspecified atom stereocenters. The van der Waals surface area contributed by atoms with Crippen molar-refractivity contribution in [1.29, 1.82) is 0 Å². The molecule has 2 aromatic carbocycles. The Hall–Kier alpha value is -3.10. The van der Waals surface area contributed by atoms with Crippen molar-refractivity contribution in [1.82, 2.24) is 20.0 Å². The van der Waals surface area contributed by atoms with Gasteiger partial charge in [0.2, 0.25) is 5.91 Å². The Morgan fingerprint density at radius 2 is 1.66 bits per heavy atom. The number of nitrogens with zero attached hydrogens (tertiary/aromatic N) is 5. The van der Waals surface area contributed by atoms with Crippen molar-refractivity contribution in [2.24, 2.45) is 5.92 Å². The zero-order chi connectivity index (χ0) is 24.5. The van der Waals surface area contributed by atoms with Crippen LogP contribution in [0, 0.1) is 5.92 Å². The molecule has 2 aliphatic rings. The summed E-state index contributed by atoms with van der Waals surface area (Å²) in [7, 11) is 0. The topological polar surface area (TPSA) is 91.6 Å². The van der Waals surface area contributed by atoms with Crippen molar-refractivity contribution in [3.05, 3.63) is 70.3 Å². The van der Waals surface area contributed by atoms with E-state index in [1.165, 1.54) is 0 Å². The molecule has 1 amide bonds. The molecular formula is C25H25Cl2N5O3. The summed E-state index contributed by atoms with van der Waals surface area (Å²) in [5.74, 6) is -1.35. The van der Waals surface area contributed by atoms with E-state index in [1.807, 2.05) is 47.5 Å². The van der Waals surface area contributed by atoms with E-state index in [4.69, 9.17) is 23.2 Å². The molecule has 0 saturated carbocycles. The maximum atomic E-state index is 13.6. The average Bonchev–Trinajstić information content (AvgIpc) is 3.53. The van der Waals surface area contributed by atoms with E-state index in [2.05, 4.69) is 10.2 Å². The smallest absolute Gasteiger partial charge is 0.326 e. The third-order valence-corrected chi connectivity index (χ3v) is 7.48. The van der Waals surface area contributed by atoms with Gasteiger partial charge in [-0.05, 0) is 49.4 Å². The molecular weight excluding hydrogens is 489 g/mol.